The predicted molar refractivity (Wildman–Crippen MR) is 73.3 cm³/mol. The molecule has 1 aliphatic rings. The number of hydrogen-bond acceptors (Lipinski definition) is 3. The van der Waals surface area contributed by atoms with Crippen LogP contribution in [0.1, 0.15) is 19.2 Å². The number of nitrogens with zero attached hydrogens (tertiary/aromatic N) is 1. The predicted octanol–water partition coefficient (Wildman–Crippen LogP) is 2.55. The lowest BCUT2D eigenvalue weighted by Gasteiger charge is -2.15. The SMILES string of the molecule is CC1SCCC1NCc1nc2ccccc2[nH]1. The molecule has 2 unspecified atom stereocenters. The molecular formula is C13H17N3S. The smallest absolute Gasteiger partial charge is 0.121 e. The van der Waals surface area contributed by atoms with Gasteiger partial charge in [-0.1, -0.05) is 19.1 Å². The van der Waals surface area contributed by atoms with Crippen LogP contribution in [0.2, 0.25) is 0 Å². The average molecular weight is 247 g/mol. The number of thioether (sulfide) groups is 1. The average Bonchev–Trinajstić information content (AvgIpc) is 2.92. The van der Waals surface area contributed by atoms with Crippen LogP contribution >= 0.6 is 11.8 Å². The Labute approximate surface area is 105 Å². The molecule has 0 radical (unpaired) electrons. The Kier molecular flexibility index (Phi) is 3.07. The third-order valence-corrected chi connectivity index (χ3v) is 4.67. The Hall–Kier alpha value is -1.00. The Morgan fingerprint density at radius 2 is 2.35 bits per heavy atom. The highest BCUT2D eigenvalue weighted by atomic mass is 32.2. The minimum absolute atomic E-state index is 0.633. The molecule has 0 amide bonds. The van der Waals surface area contributed by atoms with E-state index in [1.54, 1.807) is 0 Å². The number of nitrogens with one attached hydrogen (secondary N) is 2. The summed E-state index contributed by atoms with van der Waals surface area (Å²) in [5.74, 6) is 2.31. The van der Waals surface area contributed by atoms with Gasteiger partial charge in [0.15, 0.2) is 0 Å². The van der Waals surface area contributed by atoms with Gasteiger partial charge in [-0.15, -0.1) is 0 Å². The molecule has 0 bridgehead atoms. The first-order chi connectivity index (χ1) is 8.33. The van der Waals surface area contributed by atoms with Gasteiger partial charge in [0.1, 0.15) is 5.82 Å². The van der Waals surface area contributed by atoms with Crippen molar-refractivity contribution in [1.29, 1.82) is 0 Å². The second kappa shape index (κ2) is 4.70. The van der Waals surface area contributed by atoms with Crippen LogP contribution in [0.3, 0.4) is 0 Å². The van der Waals surface area contributed by atoms with Crippen LogP contribution in [0.25, 0.3) is 11.0 Å². The molecular weight excluding hydrogens is 230 g/mol. The normalized spacial score (nSPS) is 24.5. The molecule has 2 heterocycles. The fraction of sp³-hybridized carbons (Fsp3) is 0.462. The Morgan fingerprint density at radius 3 is 3.12 bits per heavy atom. The van der Waals surface area contributed by atoms with E-state index < -0.39 is 0 Å². The summed E-state index contributed by atoms with van der Waals surface area (Å²) in [5, 5.41) is 4.32. The highest BCUT2D eigenvalue weighted by molar-refractivity contribution is 8.00. The molecule has 4 heteroatoms. The van der Waals surface area contributed by atoms with Gasteiger partial charge in [0.2, 0.25) is 0 Å². The summed E-state index contributed by atoms with van der Waals surface area (Å²) in [6.45, 7) is 3.14. The molecule has 3 nitrogen and oxygen atoms in total. The molecule has 90 valence electrons. The van der Waals surface area contributed by atoms with Crippen LogP contribution in [0.15, 0.2) is 24.3 Å². The number of benzene rings is 1. The van der Waals surface area contributed by atoms with E-state index in [9.17, 15) is 0 Å². The van der Waals surface area contributed by atoms with Gasteiger partial charge in [0, 0.05) is 11.3 Å². The van der Waals surface area contributed by atoms with Gasteiger partial charge in [-0.05, 0) is 24.3 Å². The van der Waals surface area contributed by atoms with Crippen LogP contribution in [-0.4, -0.2) is 27.0 Å². The van der Waals surface area contributed by atoms with Gasteiger partial charge in [-0.25, -0.2) is 4.98 Å². The lowest BCUT2D eigenvalue weighted by molar-refractivity contribution is 0.505. The second-order valence-electron chi connectivity index (χ2n) is 4.55. The van der Waals surface area contributed by atoms with E-state index in [1.807, 2.05) is 18.2 Å². The number of aromatic amines is 1. The monoisotopic (exact) mass is 247 g/mol. The maximum atomic E-state index is 4.57. The van der Waals surface area contributed by atoms with Gasteiger partial charge in [-0.2, -0.15) is 11.8 Å². The molecule has 2 aromatic rings. The number of fused-ring (bicyclic) bond motifs is 1. The lowest BCUT2D eigenvalue weighted by atomic mass is 10.2. The van der Waals surface area contributed by atoms with E-state index in [1.165, 1.54) is 12.2 Å². The quantitative estimate of drug-likeness (QED) is 0.875. The van der Waals surface area contributed by atoms with Crippen molar-refractivity contribution in [3.63, 3.8) is 0 Å². The Bertz CT molecular complexity index is 475. The summed E-state index contributed by atoms with van der Waals surface area (Å²) in [6.07, 6.45) is 1.27. The molecule has 1 saturated heterocycles. The van der Waals surface area contributed by atoms with E-state index in [0.717, 1.165) is 28.7 Å². The van der Waals surface area contributed by atoms with Crippen LogP contribution in [0.4, 0.5) is 0 Å². The standard InChI is InChI=1S/C13H17N3S/c1-9-10(6-7-17-9)14-8-13-15-11-4-2-3-5-12(11)16-13/h2-5,9-10,14H,6-8H2,1H3,(H,15,16). The van der Waals surface area contributed by atoms with Gasteiger partial charge < -0.3 is 10.3 Å². The van der Waals surface area contributed by atoms with Crippen molar-refractivity contribution in [2.45, 2.75) is 31.2 Å². The molecule has 1 aromatic carbocycles. The summed E-state index contributed by atoms with van der Waals surface area (Å²) >= 11 is 2.05. The summed E-state index contributed by atoms with van der Waals surface area (Å²) in [7, 11) is 0. The van der Waals surface area contributed by atoms with Crippen LogP contribution < -0.4 is 5.32 Å². The van der Waals surface area contributed by atoms with Crippen molar-refractivity contribution in [3.05, 3.63) is 30.1 Å². The molecule has 1 aromatic heterocycles. The van der Waals surface area contributed by atoms with Gasteiger partial charge >= 0.3 is 0 Å². The third-order valence-electron chi connectivity index (χ3n) is 3.35. The molecule has 17 heavy (non-hydrogen) atoms. The van der Waals surface area contributed by atoms with Crippen LogP contribution in [0, 0.1) is 0 Å². The minimum Gasteiger partial charge on any atom is -0.341 e. The van der Waals surface area contributed by atoms with E-state index in [-0.39, 0.29) is 0 Å². The van der Waals surface area contributed by atoms with E-state index in [2.05, 4.69) is 40.0 Å². The zero-order valence-corrected chi connectivity index (χ0v) is 10.8. The van der Waals surface area contributed by atoms with Crippen LogP contribution in [-0.2, 0) is 6.54 Å². The molecule has 1 fully saturated rings. The summed E-state index contributed by atoms with van der Waals surface area (Å²) in [4.78, 5) is 7.93. The van der Waals surface area contributed by atoms with Gasteiger partial charge in [0.05, 0.1) is 17.6 Å². The lowest BCUT2D eigenvalue weighted by Crippen LogP contribution is -2.33. The summed E-state index contributed by atoms with van der Waals surface area (Å²) < 4.78 is 0. The zero-order chi connectivity index (χ0) is 11.7. The first-order valence-electron chi connectivity index (χ1n) is 6.11. The highest BCUT2D eigenvalue weighted by Gasteiger charge is 2.23. The third kappa shape index (κ3) is 2.33. The molecule has 2 atom stereocenters. The maximum Gasteiger partial charge on any atom is 0.121 e. The molecule has 0 saturated carbocycles. The minimum atomic E-state index is 0.633. The van der Waals surface area contributed by atoms with Crippen molar-refractivity contribution in [2.24, 2.45) is 0 Å². The van der Waals surface area contributed by atoms with Gasteiger partial charge in [-0.3, -0.25) is 0 Å². The highest BCUT2D eigenvalue weighted by Crippen LogP contribution is 2.26. The van der Waals surface area contributed by atoms with E-state index >= 15 is 0 Å². The fourth-order valence-electron chi connectivity index (χ4n) is 2.32. The maximum absolute atomic E-state index is 4.57. The second-order valence-corrected chi connectivity index (χ2v) is 6.04. The number of rotatable bonds is 3. The molecule has 3 rings (SSSR count). The Morgan fingerprint density at radius 1 is 1.47 bits per heavy atom. The van der Waals surface area contributed by atoms with Crippen molar-refractivity contribution < 1.29 is 0 Å². The molecule has 0 aliphatic carbocycles. The zero-order valence-electron chi connectivity index (χ0n) is 9.94. The number of imidazole rings is 1. The molecule has 0 spiro atoms. The number of H-pyrrole nitrogens is 1. The van der Waals surface area contributed by atoms with E-state index in [4.69, 9.17) is 0 Å². The summed E-state index contributed by atoms with van der Waals surface area (Å²) in [6, 6.07) is 8.81. The van der Waals surface area contributed by atoms with Crippen molar-refractivity contribution in [3.8, 4) is 0 Å². The van der Waals surface area contributed by atoms with Crippen molar-refractivity contribution in [2.75, 3.05) is 5.75 Å². The van der Waals surface area contributed by atoms with Crippen molar-refractivity contribution in [1.82, 2.24) is 15.3 Å². The van der Waals surface area contributed by atoms with Gasteiger partial charge in [0.25, 0.3) is 0 Å². The topological polar surface area (TPSA) is 40.7 Å². The largest absolute Gasteiger partial charge is 0.341 e. The fourth-order valence-corrected chi connectivity index (χ4v) is 3.54. The number of aromatic nitrogens is 2. The number of hydrogen-bond donors (Lipinski definition) is 2. The van der Waals surface area contributed by atoms with Crippen molar-refractivity contribution >= 4 is 22.8 Å². The number of para-hydroxylation sites is 2. The molecule has 2 N–H and O–H groups in total. The Balaban J connectivity index is 1.68. The summed E-state index contributed by atoms with van der Waals surface area (Å²) in [5.41, 5.74) is 2.18. The van der Waals surface area contributed by atoms with Crippen LogP contribution in [0.5, 0.6) is 0 Å². The first kappa shape index (κ1) is 11.1. The molecule has 1 aliphatic heterocycles. The van der Waals surface area contributed by atoms with E-state index in [0.29, 0.717) is 6.04 Å². The first-order valence-corrected chi connectivity index (χ1v) is 7.16.